The second-order valence-corrected chi connectivity index (χ2v) is 6.66. The number of carbonyl (C=O) groups is 1. The van der Waals surface area contributed by atoms with Gasteiger partial charge in [0.15, 0.2) is 0 Å². The summed E-state index contributed by atoms with van der Waals surface area (Å²) in [4.78, 5) is 21.7. The van der Waals surface area contributed by atoms with Crippen molar-refractivity contribution in [3.8, 4) is 11.1 Å². The van der Waals surface area contributed by atoms with Crippen molar-refractivity contribution in [1.29, 1.82) is 0 Å². The van der Waals surface area contributed by atoms with Crippen LogP contribution in [0.15, 0.2) is 79.1 Å². The molecule has 5 nitrogen and oxygen atoms in total. The maximum atomic E-state index is 12.5. The number of nitrogens with zero attached hydrogens (tertiary/aromatic N) is 2. The minimum absolute atomic E-state index is 0.0392. The molecule has 1 aliphatic rings. The molecule has 0 bridgehead atoms. The highest BCUT2D eigenvalue weighted by Crippen LogP contribution is 2.33. The van der Waals surface area contributed by atoms with E-state index in [-0.39, 0.29) is 12.1 Å². The lowest BCUT2D eigenvalue weighted by Crippen LogP contribution is -2.29. The first-order valence-corrected chi connectivity index (χ1v) is 8.95. The molecule has 1 fully saturated rings. The molecule has 2 amide bonds. The number of imidazole rings is 1. The summed E-state index contributed by atoms with van der Waals surface area (Å²) in [5.41, 5.74) is 6.14. The Labute approximate surface area is 156 Å². The molecular formula is C22H18N4O. The quantitative estimate of drug-likeness (QED) is 0.569. The van der Waals surface area contributed by atoms with Crippen molar-refractivity contribution < 1.29 is 4.79 Å². The van der Waals surface area contributed by atoms with Gasteiger partial charge in [-0.2, -0.15) is 0 Å². The molecule has 5 rings (SSSR count). The molecule has 5 heteroatoms. The molecule has 0 spiro atoms. The van der Waals surface area contributed by atoms with Gasteiger partial charge in [-0.3, -0.25) is 4.90 Å². The first-order chi connectivity index (χ1) is 13.3. The average Bonchev–Trinajstić information content (AvgIpc) is 3.34. The summed E-state index contributed by atoms with van der Waals surface area (Å²) in [5, 5.41) is 2.97. The lowest BCUT2D eigenvalue weighted by molar-refractivity contribution is 0.251. The molecule has 1 saturated heterocycles. The molecule has 0 unspecified atom stereocenters. The Hall–Kier alpha value is -3.60. The number of urea groups is 1. The Balaban J connectivity index is 1.49. The van der Waals surface area contributed by atoms with Gasteiger partial charge in [-0.05, 0) is 34.9 Å². The fraction of sp³-hybridized carbons (Fsp3) is 0.0909. The SMILES string of the molecule is O=C1NC[C@@H](c2ccc(-c3ccccc3)cc2)N1c1ccc2nc[nH]c2c1. The molecule has 1 atom stereocenters. The summed E-state index contributed by atoms with van der Waals surface area (Å²) < 4.78 is 0. The second kappa shape index (κ2) is 6.29. The van der Waals surface area contributed by atoms with Gasteiger partial charge in [0, 0.05) is 12.2 Å². The molecule has 0 aliphatic carbocycles. The van der Waals surface area contributed by atoms with E-state index in [1.54, 1.807) is 6.33 Å². The number of aromatic nitrogens is 2. The van der Waals surface area contributed by atoms with Crippen LogP contribution in [0.3, 0.4) is 0 Å². The Morgan fingerprint density at radius 1 is 0.926 bits per heavy atom. The highest BCUT2D eigenvalue weighted by Gasteiger charge is 2.33. The van der Waals surface area contributed by atoms with E-state index in [1.807, 2.05) is 41.3 Å². The first kappa shape index (κ1) is 15.6. The number of amides is 2. The van der Waals surface area contributed by atoms with E-state index in [4.69, 9.17) is 0 Å². The van der Waals surface area contributed by atoms with Gasteiger partial charge in [0.2, 0.25) is 0 Å². The summed E-state index contributed by atoms with van der Waals surface area (Å²) in [6.07, 6.45) is 1.66. The third kappa shape index (κ3) is 2.73. The maximum Gasteiger partial charge on any atom is 0.322 e. The topological polar surface area (TPSA) is 61.0 Å². The fourth-order valence-corrected chi connectivity index (χ4v) is 3.67. The number of carbonyl (C=O) groups excluding carboxylic acids is 1. The summed E-state index contributed by atoms with van der Waals surface area (Å²) in [6, 6.07) is 24.5. The molecule has 1 aliphatic heterocycles. The Morgan fingerprint density at radius 2 is 1.70 bits per heavy atom. The van der Waals surface area contributed by atoms with Crippen molar-refractivity contribution in [3.63, 3.8) is 0 Å². The zero-order valence-corrected chi connectivity index (χ0v) is 14.6. The monoisotopic (exact) mass is 354 g/mol. The van der Waals surface area contributed by atoms with Gasteiger partial charge in [-0.25, -0.2) is 9.78 Å². The van der Waals surface area contributed by atoms with E-state index in [2.05, 4.69) is 51.7 Å². The number of anilines is 1. The Morgan fingerprint density at radius 3 is 2.52 bits per heavy atom. The number of hydrogen-bond acceptors (Lipinski definition) is 2. The van der Waals surface area contributed by atoms with Crippen LogP contribution < -0.4 is 10.2 Å². The molecular weight excluding hydrogens is 336 g/mol. The van der Waals surface area contributed by atoms with Crippen molar-refractivity contribution in [1.82, 2.24) is 15.3 Å². The van der Waals surface area contributed by atoms with Gasteiger partial charge in [0.1, 0.15) is 0 Å². The number of nitrogens with one attached hydrogen (secondary N) is 2. The number of benzene rings is 3. The van der Waals surface area contributed by atoms with Crippen LogP contribution in [0.4, 0.5) is 10.5 Å². The summed E-state index contributed by atoms with van der Waals surface area (Å²) in [5.74, 6) is 0. The van der Waals surface area contributed by atoms with E-state index in [9.17, 15) is 4.79 Å². The zero-order chi connectivity index (χ0) is 18.2. The Bertz CT molecular complexity index is 1100. The van der Waals surface area contributed by atoms with Gasteiger partial charge in [-0.1, -0.05) is 54.6 Å². The van der Waals surface area contributed by atoms with Crippen LogP contribution in [0.2, 0.25) is 0 Å². The van der Waals surface area contributed by atoms with E-state index >= 15 is 0 Å². The van der Waals surface area contributed by atoms with Crippen molar-refractivity contribution in [2.75, 3.05) is 11.4 Å². The molecule has 1 aromatic heterocycles. The smallest absolute Gasteiger partial charge is 0.322 e. The molecule has 2 heterocycles. The highest BCUT2D eigenvalue weighted by atomic mass is 16.2. The third-order valence-electron chi connectivity index (χ3n) is 5.06. The molecule has 27 heavy (non-hydrogen) atoms. The first-order valence-electron chi connectivity index (χ1n) is 8.95. The van der Waals surface area contributed by atoms with Crippen LogP contribution in [-0.4, -0.2) is 22.5 Å². The number of hydrogen-bond donors (Lipinski definition) is 2. The van der Waals surface area contributed by atoms with Crippen LogP contribution in [0.25, 0.3) is 22.2 Å². The van der Waals surface area contributed by atoms with Crippen LogP contribution in [0.1, 0.15) is 11.6 Å². The molecule has 0 saturated carbocycles. The van der Waals surface area contributed by atoms with Gasteiger partial charge in [0.05, 0.1) is 23.4 Å². The van der Waals surface area contributed by atoms with E-state index < -0.39 is 0 Å². The molecule has 132 valence electrons. The van der Waals surface area contributed by atoms with Gasteiger partial charge in [0.25, 0.3) is 0 Å². The van der Waals surface area contributed by atoms with Crippen molar-refractivity contribution in [2.45, 2.75) is 6.04 Å². The van der Waals surface area contributed by atoms with Crippen molar-refractivity contribution >= 4 is 22.8 Å². The van der Waals surface area contributed by atoms with E-state index in [0.717, 1.165) is 22.3 Å². The Kier molecular flexibility index (Phi) is 3.64. The highest BCUT2D eigenvalue weighted by molar-refractivity contribution is 5.97. The molecule has 4 aromatic rings. The molecule has 3 aromatic carbocycles. The summed E-state index contributed by atoms with van der Waals surface area (Å²) in [7, 11) is 0. The predicted molar refractivity (Wildman–Crippen MR) is 107 cm³/mol. The van der Waals surface area contributed by atoms with Gasteiger partial charge in [-0.15, -0.1) is 0 Å². The summed E-state index contributed by atoms with van der Waals surface area (Å²) >= 11 is 0. The lowest BCUT2D eigenvalue weighted by atomic mass is 10.0. The van der Waals surface area contributed by atoms with Crippen LogP contribution in [0, 0.1) is 0 Å². The van der Waals surface area contributed by atoms with Gasteiger partial charge < -0.3 is 10.3 Å². The fourth-order valence-electron chi connectivity index (χ4n) is 3.67. The van der Waals surface area contributed by atoms with E-state index in [0.29, 0.717) is 6.54 Å². The average molecular weight is 354 g/mol. The van der Waals surface area contributed by atoms with Crippen LogP contribution in [-0.2, 0) is 0 Å². The normalized spacial score (nSPS) is 16.7. The number of H-pyrrole nitrogens is 1. The minimum atomic E-state index is -0.0778. The lowest BCUT2D eigenvalue weighted by Gasteiger charge is -2.23. The van der Waals surface area contributed by atoms with Crippen LogP contribution >= 0.6 is 0 Å². The second-order valence-electron chi connectivity index (χ2n) is 6.66. The van der Waals surface area contributed by atoms with Crippen molar-refractivity contribution in [2.24, 2.45) is 0 Å². The molecule has 0 radical (unpaired) electrons. The minimum Gasteiger partial charge on any atom is -0.345 e. The zero-order valence-electron chi connectivity index (χ0n) is 14.6. The third-order valence-corrected chi connectivity index (χ3v) is 5.06. The molecule has 2 N–H and O–H groups in total. The number of aromatic amines is 1. The van der Waals surface area contributed by atoms with Crippen LogP contribution in [0.5, 0.6) is 0 Å². The number of rotatable bonds is 3. The summed E-state index contributed by atoms with van der Waals surface area (Å²) in [6.45, 7) is 0.588. The van der Waals surface area contributed by atoms with E-state index in [1.165, 1.54) is 11.1 Å². The number of fused-ring (bicyclic) bond motifs is 1. The van der Waals surface area contributed by atoms with Crippen molar-refractivity contribution in [3.05, 3.63) is 84.7 Å². The standard InChI is InChI=1S/C22H18N4O/c27-22-23-13-21(26(22)18-10-11-19-20(12-18)25-14-24-19)17-8-6-16(7-9-17)15-4-2-1-3-5-15/h1-12,14,21H,13H2,(H,23,27)(H,24,25)/t21-/m0/s1. The predicted octanol–water partition coefficient (Wildman–Crippen LogP) is 4.50. The maximum absolute atomic E-state index is 12.5. The largest absolute Gasteiger partial charge is 0.345 e. The van der Waals surface area contributed by atoms with Gasteiger partial charge >= 0.3 is 6.03 Å².